The third-order valence-electron chi connectivity index (χ3n) is 4.46. The van der Waals surface area contributed by atoms with E-state index >= 15 is 0 Å². The summed E-state index contributed by atoms with van der Waals surface area (Å²) in [6.07, 6.45) is 0. The number of rotatable bonds is 6. The predicted molar refractivity (Wildman–Crippen MR) is 124 cm³/mol. The molecule has 0 bridgehead atoms. The van der Waals surface area contributed by atoms with Crippen LogP contribution in [0.2, 0.25) is 0 Å². The highest BCUT2D eigenvalue weighted by Gasteiger charge is 2.13. The van der Waals surface area contributed by atoms with Gasteiger partial charge in [0, 0.05) is 11.4 Å². The average Bonchev–Trinajstić information content (AvgIpc) is 3.14. The van der Waals surface area contributed by atoms with Crippen molar-refractivity contribution in [3.05, 3.63) is 83.6 Å². The molecule has 0 radical (unpaired) electrons. The first kappa shape index (κ1) is 20.2. The highest BCUT2D eigenvalue weighted by atomic mass is 32.1. The van der Waals surface area contributed by atoms with Gasteiger partial charge < -0.3 is 10.6 Å². The van der Waals surface area contributed by atoms with Gasteiger partial charge in [-0.15, -0.1) is 10.2 Å². The van der Waals surface area contributed by atoms with Gasteiger partial charge in [0.05, 0.1) is 5.69 Å². The fourth-order valence-electron chi connectivity index (χ4n) is 2.92. The number of aromatic nitrogens is 2. The first-order valence-corrected chi connectivity index (χ1v) is 10.4. The molecule has 2 N–H and O–H groups in total. The van der Waals surface area contributed by atoms with E-state index in [1.165, 1.54) is 0 Å². The number of pyridine rings is 1. The molecule has 31 heavy (non-hydrogen) atoms. The minimum absolute atomic E-state index is 0.444. The van der Waals surface area contributed by atoms with Crippen LogP contribution in [0.5, 0.6) is 0 Å². The van der Waals surface area contributed by atoms with Gasteiger partial charge in [-0.05, 0) is 61.3 Å². The van der Waals surface area contributed by atoms with Gasteiger partial charge in [-0.1, -0.05) is 36.4 Å². The van der Waals surface area contributed by atoms with Gasteiger partial charge in [-0.25, -0.2) is 4.98 Å². The zero-order valence-corrected chi connectivity index (χ0v) is 17.8. The van der Waals surface area contributed by atoms with Gasteiger partial charge in [0.15, 0.2) is 10.8 Å². The van der Waals surface area contributed by atoms with Gasteiger partial charge in [0.1, 0.15) is 23.1 Å². The Labute approximate surface area is 184 Å². The van der Waals surface area contributed by atoms with Crippen molar-refractivity contribution in [3.63, 3.8) is 0 Å². The molecule has 0 aliphatic carbocycles. The number of anilines is 4. The summed E-state index contributed by atoms with van der Waals surface area (Å²) in [4.78, 5) is 4.73. The second-order valence-electron chi connectivity index (χ2n) is 6.76. The van der Waals surface area contributed by atoms with Crippen LogP contribution in [0.1, 0.15) is 16.8 Å². The molecule has 0 aliphatic heterocycles. The molecule has 0 fully saturated rings. The number of hydrogen-bond acceptors (Lipinski definition) is 8. The molecule has 4 aromatic rings. The smallest absolute Gasteiger partial charge is 0.176 e. The second kappa shape index (κ2) is 9.15. The largest absolute Gasteiger partial charge is 0.340 e. The Morgan fingerprint density at radius 2 is 1.55 bits per heavy atom. The van der Waals surface area contributed by atoms with E-state index in [9.17, 15) is 5.26 Å². The van der Waals surface area contributed by atoms with Crippen LogP contribution in [0.4, 0.5) is 33.7 Å². The number of azo groups is 1. The minimum atomic E-state index is 0.444. The van der Waals surface area contributed by atoms with E-state index in [-0.39, 0.29) is 0 Å². The van der Waals surface area contributed by atoms with Gasteiger partial charge in [0.25, 0.3) is 0 Å². The quantitative estimate of drug-likeness (QED) is 0.326. The SMILES string of the molecule is Cc1cc(Nc2ccccc2)nc(Nc2ccccc2)c1N=Nc1snc(C)c1C#N. The standard InChI is InChI=1S/C23H19N7S/c1-15-13-20(25-17-9-5-3-6-10-17)27-22(26-18-11-7-4-8-12-18)21(15)28-29-23-19(14-24)16(2)30-31-23/h3-13H,1-2H3,(H2,25,26,27). The first-order chi connectivity index (χ1) is 15.1. The number of benzene rings is 2. The molecule has 2 heterocycles. The Balaban J connectivity index is 1.73. The van der Waals surface area contributed by atoms with Crippen molar-refractivity contribution in [1.29, 1.82) is 5.26 Å². The van der Waals surface area contributed by atoms with Crippen LogP contribution in [0, 0.1) is 25.2 Å². The molecule has 0 saturated carbocycles. The fourth-order valence-corrected chi connectivity index (χ4v) is 3.60. The molecule has 7 nitrogen and oxygen atoms in total. The molecule has 152 valence electrons. The van der Waals surface area contributed by atoms with Gasteiger partial charge in [-0.3, -0.25) is 0 Å². The first-order valence-electron chi connectivity index (χ1n) is 9.58. The third-order valence-corrected chi connectivity index (χ3v) is 5.29. The number of aryl methyl sites for hydroxylation is 2. The molecule has 0 atom stereocenters. The Morgan fingerprint density at radius 3 is 2.19 bits per heavy atom. The monoisotopic (exact) mass is 425 g/mol. The summed E-state index contributed by atoms with van der Waals surface area (Å²) < 4.78 is 4.20. The van der Waals surface area contributed by atoms with Crippen molar-refractivity contribution in [3.8, 4) is 6.07 Å². The van der Waals surface area contributed by atoms with Crippen molar-refractivity contribution < 1.29 is 0 Å². The summed E-state index contributed by atoms with van der Waals surface area (Å²) in [6.45, 7) is 3.73. The van der Waals surface area contributed by atoms with E-state index in [2.05, 4.69) is 31.3 Å². The lowest BCUT2D eigenvalue weighted by Gasteiger charge is -2.13. The van der Waals surface area contributed by atoms with Gasteiger partial charge >= 0.3 is 0 Å². The summed E-state index contributed by atoms with van der Waals surface area (Å²) in [5.41, 5.74) is 4.40. The fraction of sp³-hybridized carbons (Fsp3) is 0.0870. The molecular formula is C23H19N7S. The van der Waals surface area contributed by atoms with Crippen molar-refractivity contribution in [2.45, 2.75) is 13.8 Å². The van der Waals surface area contributed by atoms with Crippen LogP contribution in [-0.4, -0.2) is 9.36 Å². The second-order valence-corrected chi connectivity index (χ2v) is 7.52. The van der Waals surface area contributed by atoms with E-state index in [0.29, 0.717) is 33.6 Å². The molecule has 0 aliphatic rings. The minimum Gasteiger partial charge on any atom is -0.340 e. The molecule has 4 rings (SSSR count). The highest BCUT2D eigenvalue weighted by molar-refractivity contribution is 7.10. The van der Waals surface area contributed by atoms with E-state index in [1.54, 1.807) is 6.92 Å². The van der Waals surface area contributed by atoms with Crippen molar-refractivity contribution in [2.75, 3.05) is 10.6 Å². The number of para-hydroxylation sites is 2. The van der Waals surface area contributed by atoms with E-state index in [1.807, 2.05) is 73.7 Å². The molecular weight excluding hydrogens is 406 g/mol. The van der Waals surface area contributed by atoms with Crippen LogP contribution in [-0.2, 0) is 0 Å². The Morgan fingerprint density at radius 1 is 0.903 bits per heavy atom. The molecule has 0 unspecified atom stereocenters. The van der Waals surface area contributed by atoms with Crippen molar-refractivity contribution in [2.24, 2.45) is 10.2 Å². The lowest BCUT2D eigenvalue weighted by atomic mass is 10.2. The van der Waals surface area contributed by atoms with Crippen molar-refractivity contribution >= 4 is 45.2 Å². The van der Waals surface area contributed by atoms with E-state index in [0.717, 1.165) is 28.5 Å². The maximum absolute atomic E-state index is 9.35. The molecule has 0 saturated heterocycles. The zero-order valence-electron chi connectivity index (χ0n) is 17.0. The number of nitrogens with one attached hydrogen (secondary N) is 2. The Kier molecular flexibility index (Phi) is 5.96. The average molecular weight is 426 g/mol. The summed E-state index contributed by atoms with van der Waals surface area (Å²) in [5.74, 6) is 1.25. The van der Waals surface area contributed by atoms with E-state index in [4.69, 9.17) is 4.98 Å². The molecule has 0 spiro atoms. The summed E-state index contributed by atoms with van der Waals surface area (Å²) in [6, 6.07) is 23.7. The summed E-state index contributed by atoms with van der Waals surface area (Å²) in [7, 11) is 0. The molecule has 2 aromatic carbocycles. The molecule has 8 heteroatoms. The lowest BCUT2D eigenvalue weighted by Crippen LogP contribution is -2.00. The van der Waals surface area contributed by atoms with Crippen LogP contribution in [0.15, 0.2) is 77.0 Å². The third kappa shape index (κ3) is 4.74. The topological polar surface area (TPSA) is 98.3 Å². The molecule has 2 aromatic heterocycles. The van der Waals surface area contributed by atoms with Crippen molar-refractivity contribution in [1.82, 2.24) is 9.36 Å². The Bertz CT molecular complexity index is 1260. The summed E-state index contributed by atoms with van der Waals surface area (Å²) in [5, 5.41) is 25.2. The summed E-state index contributed by atoms with van der Waals surface area (Å²) >= 11 is 1.15. The lowest BCUT2D eigenvalue weighted by molar-refractivity contribution is 1.17. The van der Waals surface area contributed by atoms with Crippen LogP contribution < -0.4 is 10.6 Å². The van der Waals surface area contributed by atoms with E-state index < -0.39 is 0 Å². The maximum Gasteiger partial charge on any atom is 0.176 e. The van der Waals surface area contributed by atoms with Crippen LogP contribution in [0.25, 0.3) is 0 Å². The number of hydrogen-bond donors (Lipinski definition) is 2. The number of nitrogens with zero attached hydrogens (tertiary/aromatic N) is 5. The zero-order chi connectivity index (χ0) is 21.6. The normalized spacial score (nSPS) is 10.7. The van der Waals surface area contributed by atoms with Crippen LogP contribution >= 0.6 is 11.5 Å². The highest BCUT2D eigenvalue weighted by Crippen LogP contribution is 2.35. The maximum atomic E-state index is 9.35. The molecule has 0 amide bonds. The van der Waals surface area contributed by atoms with Crippen LogP contribution in [0.3, 0.4) is 0 Å². The predicted octanol–water partition coefficient (Wildman–Crippen LogP) is 6.93. The Hall–Kier alpha value is -4.09. The van der Waals surface area contributed by atoms with Gasteiger partial charge in [-0.2, -0.15) is 9.64 Å². The van der Waals surface area contributed by atoms with Gasteiger partial charge in [0.2, 0.25) is 0 Å². The number of nitriles is 1.